The van der Waals surface area contributed by atoms with Gasteiger partial charge in [0.05, 0.1) is 0 Å². The quantitative estimate of drug-likeness (QED) is 0.371. The van der Waals surface area contributed by atoms with Crippen LogP contribution in [0.2, 0.25) is 6.55 Å². The Morgan fingerprint density at radius 2 is 2.17 bits per heavy atom. The van der Waals surface area contributed by atoms with Gasteiger partial charge in [0.25, 0.3) is 0 Å². The monoisotopic (exact) mass is 105 g/mol. The molecule has 1 atom stereocenters. The third kappa shape index (κ3) is 2.26. The zero-order valence-electron chi connectivity index (χ0n) is 4.10. The van der Waals surface area contributed by atoms with Crippen LogP contribution in [0.1, 0.15) is 0 Å². The Hall–Kier alpha value is 0.00688. The van der Waals surface area contributed by atoms with Crippen LogP contribution < -0.4 is 0 Å². The van der Waals surface area contributed by atoms with Crippen LogP contribution in [0.3, 0.4) is 0 Å². The van der Waals surface area contributed by atoms with Gasteiger partial charge in [0.2, 0.25) is 7.11 Å². The summed E-state index contributed by atoms with van der Waals surface area (Å²) in [5.74, 6) is 0. The second-order valence-corrected chi connectivity index (χ2v) is 2.91. The van der Waals surface area contributed by atoms with Gasteiger partial charge in [-0.05, 0) is 6.55 Å². The highest BCUT2D eigenvalue weighted by molar-refractivity contribution is 6.42. The summed E-state index contributed by atoms with van der Waals surface area (Å²) >= 11 is 0. The third-order valence-electron chi connectivity index (χ3n) is 0.567. The summed E-state index contributed by atoms with van der Waals surface area (Å²) in [5, 5.41) is 0. The van der Waals surface area contributed by atoms with Crippen molar-refractivity contribution < 1.29 is 8.85 Å². The van der Waals surface area contributed by atoms with E-state index in [2.05, 4.69) is 11.5 Å². The molecular formula is C3H9O2Si+. The molecule has 0 saturated heterocycles. The molecule has 0 aromatic heterocycles. The predicted molar refractivity (Wildman–Crippen MR) is 26.5 cm³/mol. The van der Waals surface area contributed by atoms with Crippen molar-refractivity contribution in [2.75, 3.05) is 7.11 Å². The lowest BCUT2D eigenvalue weighted by Gasteiger charge is -1.93. The van der Waals surface area contributed by atoms with Crippen LogP contribution in [0, 0.1) is 7.11 Å². The average Bonchev–Trinajstić information content (AvgIpc) is 1.65. The van der Waals surface area contributed by atoms with Crippen molar-refractivity contribution in [3.05, 3.63) is 7.11 Å². The van der Waals surface area contributed by atoms with E-state index in [4.69, 9.17) is 4.43 Å². The molecule has 0 aliphatic rings. The summed E-state index contributed by atoms with van der Waals surface area (Å²) in [6.07, 6.45) is 0. The van der Waals surface area contributed by atoms with E-state index in [0.29, 0.717) is 0 Å². The fourth-order valence-corrected chi connectivity index (χ4v) is 0.204. The lowest BCUT2D eigenvalue weighted by molar-refractivity contribution is 0.310. The van der Waals surface area contributed by atoms with Crippen LogP contribution in [-0.4, -0.2) is 16.4 Å². The maximum atomic E-state index is 4.75. The molecule has 0 bridgehead atoms. The van der Waals surface area contributed by atoms with Gasteiger partial charge in [0.1, 0.15) is 0 Å². The Morgan fingerprint density at radius 3 is 2.17 bits per heavy atom. The molecule has 0 fully saturated rings. The van der Waals surface area contributed by atoms with Gasteiger partial charge < -0.3 is 4.43 Å². The highest BCUT2D eigenvalue weighted by Gasteiger charge is 2.00. The van der Waals surface area contributed by atoms with Crippen molar-refractivity contribution in [2.24, 2.45) is 0 Å². The summed E-state index contributed by atoms with van der Waals surface area (Å²) in [4.78, 5) is 0. The molecule has 2 nitrogen and oxygen atoms in total. The van der Waals surface area contributed by atoms with E-state index >= 15 is 0 Å². The van der Waals surface area contributed by atoms with E-state index in [1.54, 1.807) is 7.11 Å². The van der Waals surface area contributed by atoms with Crippen LogP contribution in [0.25, 0.3) is 0 Å². The van der Waals surface area contributed by atoms with Crippen LogP contribution in [0.15, 0.2) is 0 Å². The van der Waals surface area contributed by atoms with Gasteiger partial charge in [0.15, 0.2) is 0 Å². The summed E-state index contributed by atoms with van der Waals surface area (Å²) in [5.41, 5.74) is 0. The molecule has 0 aromatic carbocycles. The highest BCUT2D eigenvalue weighted by Crippen LogP contribution is 1.79. The molecule has 0 saturated carbocycles. The fourth-order valence-electron chi connectivity index (χ4n) is 0.0680. The van der Waals surface area contributed by atoms with Crippen LogP contribution in [-0.2, 0) is 8.85 Å². The molecule has 0 amide bonds. The fraction of sp³-hybridized carbons (Fsp3) is 0.667. The van der Waals surface area contributed by atoms with Gasteiger partial charge in [-0.25, -0.2) is 4.43 Å². The normalized spacial score (nSPS) is 14.3. The molecule has 36 valence electrons. The Labute approximate surface area is 39.9 Å². The maximum Gasteiger partial charge on any atom is 0.379 e. The smallest absolute Gasteiger partial charge is 0.379 e. The molecular weight excluding hydrogens is 96.1 g/mol. The molecule has 0 N–H and O–H groups in total. The van der Waals surface area contributed by atoms with E-state index in [1.807, 2.05) is 6.55 Å². The highest BCUT2D eigenvalue weighted by atomic mass is 28.3. The van der Waals surface area contributed by atoms with E-state index in [-0.39, 0.29) is 0 Å². The minimum Gasteiger partial charge on any atom is -0.397 e. The van der Waals surface area contributed by atoms with E-state index < -0.39 is 9.28 Å². The summed E-state index contributed by atoms with van der Waals surface area (Å²) < 4.78 is 9.32. The Bertz CT molecular complexity index is 28.0. The third-order valence-corrected chi connectivity index (χ3v) is 1.70. The standard InChI is InChI=1S/C3H9O2Si/c1-4-6(3)5-2/h6H,1H2,2-3H3/q+1. The molecule has 0 aliphatic carbocycles. The molecule has 0 aliphatic heterocycles. The lowest BCUT2D eigenvalue weighted by Crippen LogP contribution is -2.10. The summed E-state index contributed by atoms with van der Waals surface area (Å²) in [7, 11) is 3.55. The molecule has 0 rings (SSSR count). The lowest BCUT2D eigenvalue weighted by atomic mass is 11.8. The van der Waals surface area contributed by atoms with Crippen molar-refractivity contribution in [2.45, 2.75) is 6.55 Å². The minimum atomic E-state index is -1.27. The molecule has 1 unspecified atom stereocenters. The molecule has 6 heavy (non-hydrogen) atoms. The molecule has 0 aromatic rings. The van der Waals surface area contributed by atoms with E-state index in [9.17, 15) is 0 Å². The zero-order valence-corrected chi connectivity index (χ0v) is 5.26. The second kappa shape index (κ2) is 3.21. The molecule has 0 spiro atoms. The van der Waals surface area contributed by atoms with Crippen LogP contribution in [0.5, 0.6) is 0 Å². The average molecular weight is 105 g/mol. The maximum absolute atomic E-state index is 4.75. The number of rotatable bonds is 2. The van der Waals surface area contributed by atoms with Crippen molar-refractivity contribution in [3.8, 4) is 0 Å². The van der Waals surface area contributed by atoms with Crippen molar-refractivity contribution >= 4 is 9.28 Å². The second-order valence-electron chi connectivity index (χ2n) is 0.970. The first-order valence-electron chi connectivity index (χ1n) is 1.75. The van der Waals surface area contributed by atoms with Gasteiger partial charge in [0, 0.05) is 7.11 Å². The van der Waals surface area contributed by atoms with Crippen molar-refractivity contribution in [1.82, 2.24) is 0 Å². The Balaban J connectivity index is 2.75. The van der Waals surface area contributed by atoms with Crippen molar-refractivity contribution in [1.29, 1.82) is 0 Å². The molecule has 0 radical (unpaired) electrons. The van der Waals surface area contributed by atoms with Gasteiger partial charge >= 0.3 is 9.28 Å². The molecule has 3 heteroatoms. The largest absolute Gasteiger partial charge is 0.397 e. The molecule has 0 heterocycles. The van der Waals surface area contributed by atoms with Crippen molar-refractivity contribution in [3.63, 3.8) is 0 Å². The number of hydrogen-bond acceptors (Lipinski definition) is 2. The van der Waals surface area contributed by atoms with Crippen LogP contribution in [0.4, 0.5) is 0 Å². The van der Waals surface area contributed by atoms with Gasteiger partial charge in [-0.15, -0.1) is 0 Å². The van der Waals surface area contributed by atoms with Gasteiger partial charge in [-0.2, -0.15) is 0 Å². The summed E-state index contributed by atoms with van der Waals surface area (Å²) in [6.45, 7) is 1.91. The Kier molecular flexibility index (Phi) is 3.21. The Morgan fingerprint density at radius 1 is 1.67 bits per heavy atom. The topological polar surface area (TPSA) is 18.5 Å². The zero-order chi connectivity index (χ0) is 4.99. The first-order chi connectivity index (χ1) is 2.81. The van der Waals surface area contributed by atoms with Crippen LogP contribution >= 0.6 is 0 Å². The van der Waals surface area contributed by atoms with Gasteiger partial charge in [-0.1, -0.05) is 0 Å². The SMILES string of the molecule is [CH2+]O[SiH](C)OC. The first-order valence-corrected chi connectivity index (χ1v) is 3.84. The number of hydrogen-bond donors (Lipinski definition) is 0. The first kappa shape index (κ1) is 6.01. The summed E-state index contributed by atoms with van der Waals surface area (Å²) in [6, 6.07) is 0. The van der Waals surface area contributed by atoms with E-state index in [1.165, 1.54) is 0 Å². The van der Waals surface area contributed by atoms with E-state index in [0.717, 1.165) is 0 Å². The minimum absolute atomic E-state index is 1.27. The van der Waals surface area contributed by atoms with Gasteiger partial charge in [-0.3, -0.25) is 0 Å². The predicted octanol–water partition coefficient (Wildman–Crippen LogP) is 0.291.